The summed E-state index contributed by atoms with van der Waals surface area (Å²) in [5.74, 6) is -0.0164. The van der Waals surface area contributed by atoms with Gasteiger partial charge in [0.05, 0.1) is 6.04 Å². The van der Waals surface area contributed by atoms with Crippen molar-refractivity contribution in [2.45, 2.75) is 32.9 Å². The first-order valence-electron chi connectivity index (χ1n) is 6.73. The van der Waals surface area contributed by atoms with Crippen molar-refractivity contribution in [2.24, 2.45) is 0 Å². The third-order valence-corrected chi connectivity index (χ3v) is 4.24. The fraction of sp³-hybridized carbons (Fsp3) is 0.312. The Morgan fingerprint density at radius 3 is 2.45 bits per heavy atom. The smallest absolute Gasteiger partial charge is 0.241 e. The minimum absolute atomic E-state index is 0.0164. The van der Waals surface area contributed by atoms with Gasteiger partial charge in [-0.05, 0) is 44.4 Å². The van der Waals surface area contributed by atoms with Crippen molar-refractivity contribution in [3.63, 3.8) is 0 Å². The Morgan fingerprint density at radius 2 is 1.85 bits per heavy atom. The summed E-state index contributed by atoms with van der Waals surface area (Å²) in [6.07, 6.45) is 0. The summed E-state index contributed by atoms with van der Waals surface area (Å²) in [5, 5.41) is 8.28. The monoisotopic (exact) mass is 288 g/mol. The molecule has 0 fully saturated rings. The second-order valence-electron chi connectivity index (χ2n) is 4.98. The topological polar surface area (TPSA) is 41.1 Å². The molecule has 0 bridgehead atoms. The van der Waals surface area contributed by atoms with E-state index in [-0.39, 0.29) is 18.0 Å². The molecule has 1 heterocycles. The molecule has 0 aliphatic carbocycles. The molecule has 2 rings (SSSR count). The SMILES string of the molecule is Cc1ccc(NC(=O)C(C)NC(C)c2cccs2)cc1. The molecule has 0 spiro atoms. The van der Waals surface area contributed by atoms with Gasteiger partial charge in [-0.3, -0.25) is 10.1 Å². The molecule has 1 amide bonds. The Hall–Kier alpha value is -1.65. The molecular formula is C16H20N2OS. The number of carbonyl (C=O) groups is 1. The van der Waals surface area contributed by atoms with E-state index in [1.54, 1.807) is 11.3 Å². The average Bonchev–Trinajstić information content (AvgIpc) is 2.95. The molecule has 2 N–H and O–H groups in total. The average molecular weight is 288 g/mol. The van der Waals surface area contributed by atoms with Crippen molar-refractivity contribution in [3.05, 3.63) is 52.2 Å². The van der Waals surface area contributed by atoms with Gasteiger partial charge < -0.3 is 5.32 Å². The Bertz CT molecular complexity index is 548. The van der Waals surface area contributed by atoms with E-state index in [9.17, 15) is 4.79 Å². The van der Waals surface area contributed by atoms with E-state index in [2.05, 4.69) is 23.6 Å². The van der Waals surface area contributed by atoms with Crippen molar-refractivity contribution < 1.29 is 4.79 Å². The van der Waals surface area contributed by atoms with E-state index >= 15 is 0 Å². The number of nitrogens with one attached hydrogen (secondary N) is 2. The van der Waals surface area contributed by atoms with E-state index in [1.165, 1.54) is 10.4 Å². The highest BCUT2D eigenvalue weighted by atomic mass is 32.1. The van der Waals surface area contributed by atoms with Gasteiger partial charge in [0.25, 0.3) is 0 Å². The fourth-order valence-corrected chi connectivity index (χ4v) is 2.70. The predicted octanol–water partition coefficient (Wildman–Crippen LogP) is 3.73. The molecule has 0 aliphatic rings. The zero-order valence-corrected chi connectivity index (χ0v) is 12.8. The maximum atomic E-state index is 12.1. The van der Waals surface area contributed by atoms with Crippen LogP contribution in [0.3, 0.4) is 0 Å². The molecule has 1 aromatic heterocycles. The van der Waals surface area contributed by atoms with Gasteiger partial charge in [0.15, 0.2) is 0 Å². The zero-order chi connectivity index (χ0) is 14.5. The molecule has 106 valence electrons. The number of hydrogen-bond donors (Lipinski definition) is 2. The first-order valence-corrected chi connectivity index (χ1v) is 7.61. The van der Waals surface area contributed by atoms with Crippen LogP contribution in [0.4, 0.5) is 5.69 Å². The summed E-state index contributed by atoms with van der Waals surface area (Å²) in [7, 11) is 0. The normalized spacial score (nSPS) is 13.8. The molecule has 4 heteroatoms. The minimum atomic E-state index is -0.242. The number of aryl methyl sites for hydroxylation is 1. The van der Waals surface area contributed by atoms with Crippen LogP contribution in [0.15, 0.2) is 41.8 Å². The van der Waals surface area contributed by atoms with Crippen molar-refractivity contribution in [1.82, 2.24) is 5.32 Å². The lowest BCUT2D eigenvalue weighted by Crippen LogP contribution is -2.39. The zero-order valence-electron chi connectivity index (χ0n) is 12.0. The number of thiophene rings is 1. The summed E-state index contributed by atoms with van der Waals surface area (Å²) >= 11 is 1.70. The van der Waals surface area contributed by atoms with E-state index in [0.717, 1.165) is 5.69 Å². The fourth-order valence-electron chi connectivity index (χ4n) is 1.96. The predicted molar refractivity (Wildman–Crippen MR) is 85.1 cm³/mol. The molecule has 0 saturated carbocycles. The van der Waals surface area contributed by atoms with Gasteiger partial charge in [-0.25, -0.2) is 0 Å². The molecule has 2 unspecified atom stereocenters. The highest BCUT2D eigenvalue weighted by Gasteiger charge is 2.16. The Balaban J connectivity index is 1.90. The molecule has 20 heavy (non-hydrogen) atoms. The lowest BCUT2D eigenvalue weighted by molar-refractivity contribution is -0.117. The maximum Gasteiger partial charge on any atom is 0.241 e. The Morgan fingerprint density at radius 1 is 1.15 bits per heavy atom. The molecule has 2 atom stereocenters. The van der Waals surface area contributed by atoms with Crippen LogP contribution < -0.4 is 10.6 Å². The lowest BCUT2D eigenvalue weighted by atomic mass is 10.2. The second kappa shape index (κ2) is 6.68. The Labute approximate surface area is 124 Å². The summed E-state index contributed by atoms with van der Waals surface area (Å²) in [4.78, 5) is 13.4. The van der Waals surface area contributed by atoms with Crippen LogP contribution in [0.25, 0.3) is 0 Å². The van der Waals surface area contributed by atoms with Crippen molar-refractivity contribution in [3.8, 4) is 0 Å². The van der Waals surface area contributed by atoms with Crippen LogP contribution in [0.1, 0.15) is 30.3 Å². The van der Waals surface area contributed by atoms with Gasteiger partial charge in [-0.1, -0.05) is 23.8 Å². The van der Waals surface area contributed by atoms with E-state index in [4.69, 9.17) is 0 Å². The van der Waals surface area contributed by atoms with Crippen molar-refractivity contribution in [1.29, 1.82) is 0 Å². The molecule has 1 aromatic carbocycles. The van der Waals surface area contributed by atoms with Crippen molar-refractivity contribution >= 4 is 22.9 Å². The number of anilines is 1. The van der Waals surface area contributed by atoms with E-state index < -0.39 is 0 Å². The number of hydrogen-bond acceptors (Lipinski definition) is 3. The van der Waals surface area contributed by atoms with Crippen LogP contribution in [-0.2, 0) is 4.79 Å². The standard InChI is InChI=1S/C16H20N2OS/c1-11-6-8-14(9-7-11)18-16(19)13(3)17-12(2)15-5-4-10-20-15/h4-10,12-13,17H,1-3H3,(H,18,19). The molecular weight excluding hydrogens is 268 g/mol. The van der Waals surface area contributed by atoms with Crippen LogP contribution in [0.2, 0.25) is 0 Å². The van der Waals surface area contributed by atoms with Gasteiger partial charge in [-0.2, -0.15) is 0 Å². The van der Waals surface area contributed by atoms with Crippen molar-refractivity contribution in [2.75, 3.05) is 5.32 Å². The Kier molecular flexibility index (Phi) is 4.93. The number of carbonyl (C=O) groups excluding carboxylic acids is 1. The maximum absolute atomic E-state index is 12.1. The molecule has 2 aromatic rings. The minimum Gasteiger partial charge on any atom is -0.325 e. The summed E-state index contributed by atoms with van der Waals surface area (Å²) in [6.45, 7) is 5.98. The number of rotatable bonds is 5. The number of amides is 1. The third kappa shape index (κ3) is 3.92. The van der Waals surface area contributed by atoms with Gasteiger partial charge in [-0.15, -0.1) is 11.3 Å². The van der Waals surface area contributed by atoms with E-state index in [0.29, 0.717) is 0 Å². The summed E-state index contributed by atoms with van der Waals surface area (Å²) < 4.78 is 0. The van der Waals surface area contributed by atoms with Gasteiger partial charge >= 0.3 is 0 Å². The molecule has 0 radical (unpaired) electrons. The highest BCUT2D eigenvalue weighted by Crippen LogP contribution is 2.18. The second-order valence-corrected chi connectivity index (χ2v) is 5.96. The van der Waals surface area contributed by atoms with Gasteiger partial charge in [0.2, 0.25) is 5.91 Å². The van der Waals surface area contributed by atoms with Gasteiger partial charge in [0.1, 0.15) is 0 Å². The molecule has 3 nitrogen and oxygen atoms in total. The summed E-state index contributed by atoms with van der Waals surface area (Å²) in [5.41, 5.74) is 2.01. The first kappa shape index (κ1) is 14.8. The van der Waals surface area contributed by atoms with Crippen LogP contribution in [-0.4, -0.2) is 11.9 Å². The lowest BCUT2D eigenvalue weighted by Gasteiger charge is -2.18. The molecule has 0 aliphatic heterocycles. The van der Waals surface area contributed by atoms with Crippen LogP contribution in [0.5, 0.6) is 0 Å². The van der Waals surface area contributed by atoms with Crippen LogP contribution >= 0.6 is 11.3 Å². The highest BCUT2D eigenvalue weighted by molar-refractivity contribution is 7.10. The third-order valence-electron chi connectivity index (χ3n) is 3.18. The largest absolute Gasteiger partial charge is 0.325 e. The summed E-state index contributed by atoms with van der Waals surface area (Å²) in [6, 6.07) is 11.8. The quantitative estimate of drug-likeness (QED) is 0.880. The number of benzene rings is 1. The molecule has 0 saturated heterocycles. The first-order chi connectivity index (χ1) is 9.56. The van der Waals surface area contributed by atoms with Gasteiger partial charge in [0, 0.05) is 16.6 Å². The van der Waals surface area contributed by atoms with E-state index in [1.807, 2.05) is 49.6 Å². The van der Waals surface area contributed by atoms with Crippen LogP contribution in [0, 0.1) is 6.92 Å².